The summed E-state index contributed by atoms with van der Waals surface area (Å²) in [5.74, 6) is 4.35. The van der Waals surface area contributed by atoms with E-state index in [4.69, 9.17) is 11.6 Å². The van der Waals surface area contributed by atoms with E-state index in [1.807, 2.05) is 0 Å². The van der Waals surface area contributed by atoms with Crippen LogP contribution in [0.1, 0.15) is 37.4 Å². The second-order valence-electron chi connectivity index (χ2n) is 4.39. The number of nitrogens with zero attached hydrogens (tertiary/aromatic N) is 3. The molecule has 0 bridgehead atoms. The van der Waals surface area contributed by atoms with Gasteiger partial charge in [0.05, 0.1) is 5.92 Å². The molecule has 8 heteroatoms. The van der Waals surface area contributed by atoms with Crippen LogP contribution < -0.4 is 11.6 Å². The van der Waals surface area contributed by atoms with Crippen LogP contribution in [-0.4, -0.2) is 21.0 Å². The quantitative estimate of drug-likeness (QED) is 0.737. The summed E-state index contributed by atoms with van der Waals surface area (Å²) in [7, 11) is 0. The third-order valence-corrected chi connectivity index (χ3v) is 3.25. The second kappa shape index (κ2) is 4.08. The van der Waals surface area contributed by atoms with Gasteiger partial charge in [-0.15, -0.1) is 10.2 Å². The number of aromatic nitrogens is 3. The molecular weight excluding hydrogens is 235 g/mol. The van der Waals surface area contributed by atoms with Gasteiger partial charge >= 0.3 is 6.18 Å². The lowest BCUT2D eigenvalue weighted by Crippen LogP contribution is -2.30. The molecule has 17 heavy (non-hydrogen) atoms. The van der Waals surface area contributed by atoms with E-state index in [1.165, 1.54) is 0 Å². The molecule has 0 aliphatic heterocycles. The molecule has 0 amide bonds. The number of anilines is 1. The minimum Gasteiger partial charge on any atom is -0.366 e. The van der Waals surface area contributed by atoms with Gasteiger partial charge in [-0.1, -0.05) is 6.42 Å². The van der Waals surface area contributed by atoms with E-state index in [9.17, 15) is 13.2 Å². The van der Waals surface area contributed by atoms with Crippen molar-refractivity contribution in [1.82, 2.24) is 14.9 Å². The lowest BCUT2D eigenvalue weighted by Gasteiger charge is -2.29. The van der Waals surface area contributed by atoms with E-state index in [0.717, 1.165) is 4.68 Å². The largest absolute Gasteiger partial charge is 0.391 e. The third kappa shape index (κ3) is 2.29. The topological polar surface area (TPSA) is 82.8 Å². The van der Waals surface area contributed by atoms with E-state index in [1.54, 1.807) is 0 Å². The minimum atomic E-state index is -4.15. The molecule has 1 aliphatic rings. The van der Waals surface area contributed by atoms with Crippen LogP contribution in [0.25, 0.3) is 0 Å². The highest BCUT2D eigenvalue weighted by atomic mass is 19.4. The van der Waals surface area contributed by atoms with Gasteiger partial charge in [-0.2, -0.15) is 13.2 Å². The first-order valence-electron chi connectivity index (χ1n) is 5.42. The Labute approximate surface area is 96.0 Å². The highest BCUT2D eigenvalue weighted by Gasteiger charge is 2.43. The van der Waals surface area contributed by atoms with Gasteiger partial charge in [-0.05, 0) is 19.3 Å². The van der Waals surface area contributed by atoms with E-state index >= 15 is 0 Å². The zero-order valence-electron chi connectivity index (χ0n) is 9.11. The molecule has 1 aromatic rings. The predicted molar refractivity (Wildman–Crippen MR) is 55.3 cm³/mol. The Balaban J connectivity index is 2.15. The van der Waals surface area contributed by atoms with Crippen molar-refractivity contribution in [3.8, 4) is 0 Å². The third-order valence-electron chi connectivity index (χ3n) is 3.25. The van der Waals surface area contributed by atoms with Gasteiger partial charge in [0.25, 0.3) is 0 Å². The summed E-state index contributed by atoms with van der Waals surface area (Å²) in [6, 6.07) is 0. The molecule has 1 aliphatic carbocycles. The summed E-state index contributed by atoms with van der Waals surface area (Å²) >= 11 is 0. The van der Waals surface area contributed by atoms with Crippen molar-refractivity contribution in [3.05, 3.63) is 5.82 Å². The van der Waals surface area contributed by atoms with Gasteiger partial charge in [-0.25, -0.2) is 4.68 Å². The molecule has 1 saturated carbocycles. The van der Waals surface area contributed by atoms with Crippen molar-refractivity contribution in [1.29, 1.82) is 0 Å². The Morgan fingerprint density at radius 2 is 1.94 bits per heavy atom. The second-order valence-corrected chi connectivity index (χ2v) is 4.39. The molecule has 0 aromatic carbocycles. The zero-order chi connectivity index (χ0) is 12.6. The highest BCUT2D eigenvalue weighted by Crippen LogP contribution is 2.43. The van der Waals surface area contributed by atoms with Crippen LogP contribution in [0.15, 0.2) is 0 Å². The lowest BCUT2D eigenvalue weighted by atomic mass is 9.80. The van der Waals surface area contributed by atoms with Gasteiger partial charge in [0, 0.05) is 5.92 Å². The fraction of sp³-hybridized carbons (Fsp3) is 0.778. The summed E-state index contributed by atoms with van der Waals surface area (Å²) in [4.78, 5) is 0. The lowest BCUT2D eigenvalue weighted by molar-refractivity contribution is -0.183. The molecule has 1 fully saturated rings. The van der Waals surface area contributed by atoms with E-state index in [-0.39, 0.29) is 24.7 Å². The first-order chi connectivity index (χ1) is 7.89. The summed E-state index contributed by atoms with van der Waals surface area (Å²) in [5, 5.41) is 7.31. The van der Waals surface area contributed by atoms with Crippen LogP contribution in [0.3, 0.4) is 0 Å². The van der Waals surface area contributed by atoms with Crippen molar-refractivity contribution in [3.63, 3.8) is 0 Å². The molecule has 2 unspecified atom stereocenters. The maximum atomic E-state index is 12.6. The Morgan fingerprint density at radius 1 is 1.24 bits per heavy atom. The van der Waals surface area contributed by atoms with E-state index < -0.39 is 12.1 Å². The molecule has 4 N–H and O–H groups in total. The Morgan fingerprint density at radius 3 is 2.47 bits per heavy atom. The first-order valence-corrected chi connectivity index (χ1v) is 5.42. The standard InChI is InChI=1S/C9H14F3N5/c10-9(11,12)6-3-1-2-5(4-6)7-15-16-8(13)17(7)14/h5-6H,1-4,14H2,(H2,13,16). The Bertz CT molecular complexity index is 400. The van der Waals surface area contributed by atoms with Crippen molar-refractivity contribution in [2.45, 2.75) is 37.8 Å². The maximum absolute atomic E-state index is 12.6. The number of rotatable bonds is 1. The zero-order valence-corrected chi connectivity index (χ0v) is 9.11. The molecular formula is C9H14F3N5. The fourth-order valence-electron chi connectivity index (χ4n) is 2.32. The number of nitrogens with two attached hydrogens (primary N) is 2. The van der Waals surface area contributed by atoms with Crippen molar-refractivity contribution < 1.29 is 13.2 Å². The molecule has 5 nitrogen and oxygen atoms in total. The molecule has 96 valence electrons. The number of nitrogen functional groups attached to an aromatic ring is 2. The Hall–Kier alpha value is -1.47. The van der Waals surface area contributed by atoms with Gasteiger partial charge in [-0.3, -0.25) is 0 Å². The smallest absolute Gasteiger partial charge is 0.366 e. The number of hydrogen-bond acceptors (Lipinski definition) is 4. The predicted octanol–water partition coefficient (Wildman–Crippen LogP) is 1.41. The van der Waals surface area contributed by atoms with Crippen LogP contribution >= 0.6 is 0 Å². The van der Waals surface area contributed by atoms with Crippen LogP contribution in [0.5, 0.6) is 0 Å². The molecule has 0 radical (unpaired) electrons. The average Bonchev–Trinajstić information content (AvgIpc) is 2.59. The summed E-state index contributed by atoms with van der Waals surface area (Å²) < 4.78 is 39.0. The molecule has 1 heterocycles. The van der Waals surface area contributed by atoms with Crippen molar-refractivity contribution in [2.75, 3.05) is 11.6 Å². The molecule has 0 spiro atoms. The number of halogens is 3. The SMILES string of the molecule is Nc1nnc(C2CCCC(C(F)(F)F)C2)n1N. The average molecular weight is 249 g/mol. The van der Waals surface area contributed by atoms with Gasteiger partial charge in [0.15, 0.2) is 5.82 Å². The van der Waals surface area contributed by atoms with Gasteiger partial charge in [0.1, 0.15) is 0 Å². The molecule has 0 saturated heterocycles. The monoisotopic (exact) mass is 249 g/mol. The summed E-state index contributed by atoms with van der Waals surface area (Å²) in [6.07, 6.45) is -2.81. The summed E-state index contributed by atoms with van der Waals surface area (Å²) in [5.41, 5.74) is 5.41. The summed E-state index contributed by atoms with van der Waals surface area (Å²) in [6.45, 7) is 0. The molecule has 2 atom stereocenters. The Kier molecular flexibility index (Phi) is 2.88. The van der Waals surface area contributed by atoms with Crippen LogP contribution in [0.2, 0.25) is 0 Å². The van der Waals surface area contributed by atoms with E-state index in [0.29, 0.717) is 18.7 Å². The van der Waals surface area contributed by atoms with Crippen LogP contribution in [0, 0.1) is 5.92 Å². The van der Waals surface area contributed by atoms with Crippen LogP contribution in [0.4, 0.5) is 19.1 Å². The minimum absolute atomic E-state index is 0.0127. The maximum Gasteiger partial charge on any atom is 0.391 e. The van der Waals surface area contributed by atoms with Gasteiger partial charge in [0.2, 0.25) is 5.95 Å². The molecule has 2 rings (SSSR count). The van der Waals surface area contributed by atoms with Gasteiger partial charge < -0.3 is 11.6 Å². The van der Waals surface area contributed by atoms with Crippen molar-refractivity contribution in [2.24, 2.45) is 5.92 Å². The number of hydrogen-bond donors (Lipinski definition) is 2. The highest BCUT2D eigenvalue weighted by molar-refractivity contribution is 5.19. The van der Waals surface area contributed by atoms with E-state index in [2.05, 4.69) is 10.2 Å². The number of alkyl halides is 3. The first kappa shape index (κ1) is 12.0. The van der Waals surface area contributed by atoms with Crippen molar-refractivity contribution >= 4 is 5.95 Å². The molecule has 1 aromatic heterocycles. The fourth-order valence-corrected chi connectivity index (χ4v) is 2.32. The van der Waals surface area contributed by atoms with Crippen LogP contribution in [-0.2, 0) is 0 Å². The normalized spacial score (nSPS) is 26.1.